The summed E-state index contributed by atoms with van der Waals surface area (Å²) in [7, 11) is 0. The lowest BCUT2D eigenvalue weighted by Crippen LogP contribution is -2.28. The van der Waals surface area contributed by atoms with Crippen molar-refractivity contribution in [3.8, 4) is 11.3 Å². The second-order valence-electron chi connectivity index (χ2n) is 6.90. The van der Waals surface area contributed by atoms with Crippen molar-refractivity contribution >= 4 is 17.3 Å². The van der Waals surface area contributed by atoms with E-state index in [0.717, 1.165) is 28.5 Å². The molecule has 5 nitrogen and oxygen atoms in total. The van der Waals surface area contributed by atoms with Crippen molar-refractivity contribution < 1.29 is 8.83 Å². The molecule has 1 N–H and O–H groups in total. The molecule has 1 aromatic carbocycles. The summed E-state index contributed by atoms with van der Waals surface area (Å²) in [6.07, 6.45) is 3.47. The summed E-state index contributed by atoms with van der Waals surface area (Å²) in [5.74, 6) is 2.50. The lowest BCUT2D eigenvalue weighted by Gasteiger charge is -2.25. The molecule has 2 atom stereocenters. The van der Waals surface area contributed by atoms with E-state index in [0.29, 0.717) is 11.7 Å². The highest BCUT2D eigenvalue weighted by molar-refractivity contribution is 7.80. The first kappa shape index (κ1) is 17.7. The lowest BCUT2D eigenvalue weighted by atomic mass is 10.0. The average Bonchev–Trinajstić information content (AvgIpc) is 3.51. The molecule has 6 heteroatoms. The monoisotopic (exact) mass is 401 g/mol. The third kappa shape index (κ3) is 3.43. The second-order valence-corrected chi connectivity index (χ2v) is 7.29. The third-order valence-corrected chi connectivity index (χ3v) is 5.43. The first-order chi connectivity index (χ1) is 14.3. The minimum atomic E-state index is -0.139. The molecular formula is C23H19N3O2S. The molecule has 29 heavy (non-hydrogen) atoms. The molecule has 0 spiro atoms. The molecule has 0 aliphatic carbocycles. The van der Waals surface area contributed by atoms with Gasteiger partial charge in [-0.25, -0.2) is 0 Å². The molecule has 0 bridgehead atoms. The summed E-state index contributed by atoms with van der Waals surface area (Å²) in [6, 6.07) is 23.6. The molecule has 0 amide bonds. The molecule has 1 fully saturated rings. The standard InChI is InChI=1S/C23H19N3O2S/c29-23-25-21(18-10-4-5-13-24-18)22(26(23)15-17-9-6-14-27-17)20-12-11-19(28-20)16-7-2-1-3-8-16/h1-14,21-22H,15H2,(H,25,29)/t21-,22-/m1/s1. The van der Waals surface area contributed by atoms with Crippen LogP contribution in [-0.2, 0) is 6.54 Å². The van der Waals surface area contributed by atoms with Crippen LogP contribution in [0.2, 0.25) is 0 Å². The number of thiocarbonyl (C=S) groups is 1. The number of hydrogen-bond acceptors (Lipinski definition) is 4. The Morgan fingerprint density at radius 2 is 1.83 bits per heavy atom. The van der Waals surface area contributed by atoms with Crippen molar-refractivity contribution in [1.82, 2.24) is 15.2 Å². The maximum atomic E-state index is 6.30. The van der Waals surface area contributed by atoms with Gasteiger partial charge in [-0.15, -0.1) is 0 Å². The Morgan fingerprint density at radius 1 is 0.966 bits per heavy atom. The van der Waals surface area contributed by atoms with Crippen molar-refractivity contribution in [2.75, 3.05) is 0 Å². The predicted molar refractivity (Wildman–Crippen MR) is 114 cm³/mol. The van der Waals surface area contributed by atoms with Crippen LogP contribution in [0, 0.1) is 0 Å². The zero-order valence-electron chi connectivity index (χ0n) is 15.6. The van der Waals surface area contributed by atoms with Crippen LogP contribution in [0.15, 0.2) is 94.1 Å². The van der Waals surface area contributed by atoms with Gasteiger partial charge in [-0.2, -0.15) is 0 Å². The van der Waals surface area contributed by atoms with Crippen LogP contribution in [0.1, 0.15) is 29.3 Å². The molecule has 4 heterocycles. The first-order valence-electron chi connectivity index (χ1n) is 9.45. The van der Waals surface area contributed by atoms with Crippen molar-refractivity contribution in [2.24, 2.45) is 0 Å². The van der Waals surface area contributed by atoms with Gasteiger partial charge in [-0.1, -0.05) is 36.4 Å². The Kier molecular flexibility index (Phi) is 4.62. The van der Waals surface area contributed by atoms with Gasteiger partial charge in [0, 0.05) is 11.8 Å². The van der Waals surface area contributed by atoms with Crippen molar-refractivity contribution in [2.45, 2.75) is 18.6 Å². The summed E-state index contributed by atoms with van der Waals surface area (Å²) < 4.78 is 11.9. The van der Waals surface area contributed by atoms with Crippen molar-refractivity contribution in [1.29, 1.82) is 0 Å². The number of furan rings is 2. The average molecular weight is 401 g/mol. The Labute approximate surface area is 174 Å². The van der Waals surface area contributed by atoms with E-state index < -0.39 is 0 Å². The van der Waals surface area contributed by atoms with Crippen LogP contribution in [0.3, 0.4) is 0 Å². The third-order valence-electron chi connectivity index (χ3n) is 5.08. The van der Waals surface area contributed by atoms with Crippen molar-refractivity contribution in [3.63, 3.8) is 0 Å². The summed E-state index contributed by atoms with van der Waals surface area (Å²) in [5, 5.41) is 4.08. The van der Waals surface area contributed by atoms with E-state index in [4.69, 9.17) is 21.1 Å². The highest BCUT2D eigenvalue weighted by Gasteiger charge is 2.42. The maximum Gasteiger partial charge on any atom is 0.170 e. The summed E-state index contributed by atoms with van der Waals surface area (Å²) >= 11 is 5.67. The normalized spacial score (nSPS) is 18.8. The molecule has 0 radical (unpaired) electrons. The Balaban J connectivity index is 1.54. The summed E-state index contributed by atoms with van der Waals surface area (Å²) in [6.45, 7) is 0.550. The van der Waals surface area contributed by atoms with Crippen LogP contribution in [0.4, 0.5) is 0 Å². The van der Waals surface area contributed by atoms with Crippen molar-refractivity contribution in [3.05, 3.63) is 102 Å². The molecule has 1 aliphatic heterocycles. The van der Waals surface area contributed by atoms with E-state index >= 15 is 0 Å². The minimum absolute atomic E-state index is 0.117. The molecule has 4 aromatic rings. The fourth-order valence-electron chi connectivity index (χ4n) is 3.72. The van der Waals surface area contributed by atoms with E-state index in [2.05, 4.69) is 15.2 Å². The lowest BCUT2D eigenvalue weighted by molar-refractivity contribution is 0.253. The molecule has 0 unspecified atom stereocenters. The fraction of sp³-hybridized carbons (Fsp3) is 0.130. The van der Waals surface area contributed by atoms with E-state index in [1.54, 1.807) is 12.5 Å². The quantitative estimate of drug-likeness (QED) is 0.469. The number of hydrogen-bond donors (Lipinski definition) is 1. The second kappa shape index (κ2) is 7.56. The fourth-order valence-corrected chi connectivity index (χ4v) is 4.03. The predicted octanol–water partition coefficient (Wildman–Crippen LogP) is 5.11. The molecule has 144 valence electrons. The molecule has 5 rings (SSSR count). The topological polar surface area (TPSA) is 54.4 Å². The van der Waals surface area contributed by atoms with Gasteiger partial charge in [0.2, 0.25) is 0 Å². The molecule has 3 aromatic heterocycles. The van der Waals surface area contributed by atoms with Gasteiger partial charge < -0.3 is 19.1 Å². The first-order valence-corrected chi connectivity index (χ1v) is 9.86. The Hall–Kier alpha value is -3.38. The SMILES string of the molecule is S=C1N[C@H](c2ccccn2)[C@@H](c2ccc(-c3ccccc3)o2)N1Cc1ccco1. The smallest absolute Gasteiger partial charge is 0.170 e. The number of aromatic nitrogens is 1. The zero-order chi connectivity index (χ0) is 19.6. The van der Waals surface area contributed by atoms with Gasteiger partial charge in [0.25, 0.3) is 0 Å². The molecule has 1 saturated heterocycles. The highest BCUT2D eigenvalue weighted by atomic mass is 32.1. The highest BCUT2D eigenvalue weighted by Crippen LogP contribution is 2.41. The van der Waals surface area contributed by atoms with Crippen LogP contribution in [0.25, 0.3) is 11.3 Å². The Morgan fingerprint density at radius 3 is 2.59 bits per heavy atom. The largest absolute Gasteiger partial charge is 0.467 e. The number of pyridine rings is 1. The number of rotatable bonds is 5. The maximum absolute atomic E-state index is 6.30. The van der Waals surface area contributed by atoms with Gasteiger partial charge in [-0.05, 0) is 48.6 Å². The van der Waals surface area contributed by atoms with Gasteiger partial charge in [0.1, 0.15) is 23.3 Å². The van der Waals surface area contributed by atoms with Crippen LogP contribution >= 0.6 is 12.2 Å². The van der Waals surface area contributed by atoms with Gasteiger partial charge in [-0.3, -0.25) is 4.98 Å². The minimum Gasteiger partial charge on any atom is -0.467 e. The van der Waals surface area contributed by atoms with Crippen LogP contribution in [-0.4, -0.2) is 15.0 Å². The summed E-state index contributed by atoms with van der Waals surface area (Å²) in [5.41, 5.74) is 1.96. The van der Waals surface area contributed by atoms with E-state index in [1.807, 2.05) is 72.8 Å². The number of benzene rings is 1. The van der Waals surface area contributed by atoms with Gasteiger partial charge in [0.15, 0.2) is 5.11 Å². The number of nitrogens with one attached hydrogen (secondary N) is 1. The van der Waals surface area contributed by atoms with E-state index in [-0.39, 0.29) is 12.1 Å². The molecule has 1 aliphatic rings. The number of nitrogens with zero attached hydrogens (tertiary/aromatic N) is 2. The Bertz CT molecular complexity index is 1090. The summed E-state index contributed by atoms with van der Waals surface area (Å²) in [4.78, 5) is 6.65. The molecular weight excluding hydrogens is 382 g/mol. The van der Waals surface area contributed by atoms with Crippen LogP contribution < -0.4 is 5.32 Å². The van der Waals surface area contributed by atoms with Gasteiger partial charge in [0.05, 0.1) is 24.5 Å². The van der Waals surface area contributed by atoms with E-state index in [9.17, 15) is 0 Å². The zero-order valence-corrected chi connectivity index (χ0v) is 16.4. The van der Waals surface area contributed by atoms with E-state index in [1.165, 1.54) is 0 Å². The van der Waals surface area contributed by atoms with Crippen LogP contribution in [0.5, 0.6) is 0 Å². The molecule has 0 saturated carbocycles. The van der Waals surface area contributed by atoms with Gasteiger partial charge >= 0.3 is 0 Å².